The molecule has 22 heavy (non-hydrogen) atoms. The third-order valence-electron chi connectivity index (χ3n) is 4.13. The first-order valence-electron chi connectivity index (χ1n) is 8.75. The predicted molar refractivity (Wildman–Crippen MR) is 91.8 cm³/mol. The first-order valence-corrected chi connectivity index (χ1v) is 8.75. The molecule has 0 spiro atoms. The van der Waals surface area contributed by atoms with Crippen LogP contribution in [0.2, 0.25) is 0 Å². The highest BCUT2D eigenvalue weighted by molar-refractivity contribution is 5.44. The van der Waals surface area contributed by atoms with E-state index in [1.807, 2.05) is 6.07 Å². The molecule has 1 N–H and O–H groups in total. The lowest BCUT2D eigenvalue weighted by Gasteiger charge is -2.38. The van der Waals surface area contributed by atoms with Crippen LogP contribution in [0.5, 0.6) is 11.5 Å². The lowest BCUT2D eigenvalue weighted by molar-refractivity contribution is 0.0658. The van der Waals surface area contributed by atoms with E-state index in [0.29, 0.717) is 6.04 Å². The number of rotatable bonds is 8. The van der Waals surface area contributed by atoms with Gasteiger partial charge in [-0.1, -0.05) is 26.7 Å². The van der Waals surface area contributed by atoms with Gasteiger partial charge in [-0.05, 0) is 51.4 Å². The molecule has 1 heterocycles. The monoisotopic (exact) mass is 305 g/mol. The number of hydrogen-bond acceptors (Lipinski definition) is 3. The van der Waals surface area contributed by atoms with Crippen LogP contribution in [-0.2, 0) is 0 Å². The molecule has 2 rings (SSSR count). The van der Waals surface area contributed by atoms with Crippen molar-refractivity contribution in [1.82, 2.24) is 5.32 Å². The molecule has 1 unspecified atom stereocenters. The molecule has 1 aliphatic heterocycles. The van der Waals surface area contributed by atoms with Gasteiger partial charge < -0.3 is 14.8 Å². The molecule has 0 aromatic heterocycles. The number of benzene rings is 1. The molecule has 124 valence electrons. The highest BCUT2D eigenvalue weighted by Gasteiger charge is 2.33. The molecule has 1 aromatic rings. The van der Waals surface area contributed by atoms with E-state index >= 15 is 0 Å². The highest BCUT2D eigenvalue weighted by atomic mass is 16.5. The Hall–Kier alpha value is -1.22. The first kappa shape index (κ1) is 17.1. The van der Waals surface area contributed by atoms with E-state index in [9.17, 15) is 0 Å². The minimum Gasteiger partial charge on any atom is -0.494 e. The van der Waals surface area contributed by atoms with Crippen LogP contribution < -0.4 is 14.8 Å². The van der Waals surface area contributed by atoms with Crippen molar-refractivity contribution in [3.8, 4) is 11.5 Å². The maximum absolute atomic E-state index is 6.14. The molecule has 3 nitrogen and oxygen atoms in total. The van der Waals surface area contributed by atoms with Gasteiger partial charge in [0.25, 0.3) is 0 Å². The number of fused-ring (bicyclic) bond motifs is 1. The van der Waals surface area contributed by atoms with Crippen LogP contribution in [-0.4, -0.2) is 18.8 Å². The van der Waals surface area contributed by atoms with E-state index in [1.54, 1.807) is 0 Å². The average Bonchev–Trinajstić information content (AvgIpc) is 2.47. The maximum atomic E-state index is 6.14. The third kappa shape index (κ3) is 4.64. The minimum atomic E-state index is -0.124. The van der Waals surface area contributed by atoms with Gasteiger partial charge in [0.05, 0.1) is 6.61 Å². The highest BCUT2D eigenvalue weighted by Crippen LogP contribution is 2.41. The second kappa shape index (κ2) is 7.87. The van der Waals surface area contributed by atoms with Crippen molar-refractivity contribution in [2.24, 2.45) is 0 Å². The van der Waals surface area contributed by atoms with Crippen molar-refractivity contribution >= 4 is 0 Å². The van der Waals surface area contributed by atoms with Crippen molar-refractivity contribution in [2.45, 2.75) is 71.4 Å². The summed E-state index contributed by atoms with van der Waals surface area (Å²) >= 11 is 0. The Morgan fingerprint density at radius 3 is 2.73 bits per heavy atom. The van der Waals surface area contributed by atoms with Gasteiger partial charge in [0.1, 0.15) is 17.1 Å². The van der Waals surface area contributed by atoms with E-state index < -0.39 is 0 Å². The summed E-state index contributed by atoms with van der Waals surface area (Å²) in [6, 6.07) is 6.59. The Bertz CT molecular complexity index is 471. The standard InChI is InChI=1S/C19H31NO2/c1-5-7-11-20-17-14-19(3,4)22-18-10-9-15(13-16(17)18)21-12-8-6-2/h9-10,13,17,20H,5-8,11-12,14H2,1-4H3. The fourth-order valence-electron chi connectivity index (χ4n) is 2.89. The summed E-state index contributed by atoms with van der Waals surface area (Å²) in [5.41, 5.74) is 1.12. The van der Waals surface area contributed by atoms with E-state index in [2.05, 4.69) is 45.1 Å². The number of hydrogen-bond donors (Lipinski definition) is 1. The zero-order valence-corrected chi connectivity index (χ0v) is 14.6. The normalized spacial score (nSPS) is 19.4. The Morgan fingerprint density at radius 2 is 2.00 bits per heavy atom. The molecule has 0 radical (unpaired) electrons. The Balaban J connectivity index is 2.13. The quantitative estimate of drug-likeness (QED) is 0.696. The van der Waals surface area contributed by atoms with Crippen LogP contribution in [0.4, 0.5) is 0 Å². The summed E-state index contributed by atoms with van der Waals surface area (Å²) in [4.78, 5) is 0. The smallest absolute Gasteiger partial charge is 0.125 e. The lowest BCUT2D eigenvalue weighted by Crippen LogP contribution is -2.39. The molecule has 1 aromatic carbocycles. The van der Waals surface area contributed by atoms with Crippen LogP contribution >= 0.6 is 0 Å². The average molecular weight is 305 g/mol. The number of nitrogens with one attached hydrogen (secondary N) is 1. The molecule has 0 fully saturated rings. The van der Waals surface area contributed by atoms with Crippen LogP contribution in [0.1, 0.15) is 71.4 Å². The molecular weight excluding hydrogens is 274 g/mol. The summed E-state index contributed by atoms with van der Waals surface area (Å²) in [5.74, 6) is 1.95. The predicted octanol–water partition coefficient (Wildman–Crippen LogP) is 4.86. The Morgan fingerprint density at radius 1 is 1.23 bits per heavy atom. The summed E-state index contributed by atoms with van der Waals surface area (Å²) < 4.78 is 12.0. The van der Waals surface area contributed by atoms with Crippen molar-refractivity contribution in [3.05, 3.63) is 23.8 Å². The van der Waals surface area contributed by atoms with E-state index in [-0.39, 0.29) is 5.60 Å². The molecular formula is C19H31NO2. The Kier molecular flexibility index (Phi) is 6.13. The fraction of sp³-hybridized carbons (Fsp3) is 0.684. The van der Waals surface area contributed by atoms with E-state index in [1.165, 1.54) is 18.4 Å². The van der Waals surface area contributed by atoms with Gasteiger partial charge in [0.15, 0.2) is 0 Å². The summed E-state index contributed by atoms with van der Waals surface area (Å²) in [6.07, 6.45) is 5.66. The largest absolute Gasteiger partial charge is 0.494 e. The van der Waals surface area contributed by atoms with Gasteiger partial charge in [-0.25, -0.2) is 0 Å². The summed E-state index contributed by atoms with van der Waals surface area (Å²) in [6.45, 7) is 10.6. The molecule has 0 bridgehead atoms. The van der Waals surface area contributed by atoms with Crippen LogP contribution in [0.15, 0.2) is 18.2 Å². The second-order valence-corrected chi connectivity index (χ2v) is 6.83. The molecule has 3 heteroatoms. The van der Waals surface area contributed by atoms with E-state index in [4.69, 9.17) is 9.47 Å². The van der Waals surface area contributed by atoms with Gasteiger partial charge in [0, 0.05) is 18.0 Å². The van der Waals surface area contributed by atoms with Crippen LogP contribution in [0, 0.1) is 0 Å². The van der Waals surface area contributed by atoms with Crippen molar-refractivity contribution in [3.63, 3.8) is 0 Å². The zero-order valence-electron chi connectivity index (χ0n) is 14.6. The topological polar surface area (TPSA) is 30.5 Å². The summed E-state index contributed by atoms with van der Waals surface area (Å²) in [5, 5.41) is 3.69. The lowest BCUT2D eigenvalue weighted by atomic mass is 9.89. The van der Waals surface area contributed by atoms with Gasteiger partial charge in [-0.15, -0.1) is 0 Å². The second-order valence-electron chi connectivity index (χ2n) is 6.83. The molecule has 1 aliphatic rings. The first-order chi connectivity index (χ1) is 10.6. The van der Waals surface area contributed by atoms with Gasteiger partial charge in [-0.3, -0.25) is 0 Å². The maximum Gasteiger partial charge on any atom is 0.125 e. The van der Waals surface area contributed by atoms with Crippen molar-refractivity contribution in [2.75, 3.05) is 13.2 Å². The Labute approximate surface area is 135 Å². The van der Waals surface area contributed by atoms with Crippen molar-refractivity contribution < 1.29 is 9.47 Å². The van der Waals surface area contributed by atoms with Gasteiger partial charge in [-0.2, -0.15) is 0 Å². The van der Waals surface area contributed by atoms with Crippen molar-refractivity contribution in [1.29, 1.82) is 0 Å². The molecule has 1 atom stereocenters. The molecule has 0 amide bonds. The third-order valence-corrected chi connectivity index (χ3v) is 4.13. The van der Waals surface area contributed by atoms with E-state index in [0.717, 1.165) is 43.9 Å². The number of unbranched alkanes of at least 4 members (excludes halogenated alkanes) is 2. The van der Waals surface area contributed by atoms with Crippen LogP contribution in [0.25, 0.3) is 0 Å². The summed E-state index contributed by atoms with van der Waals surface area (Å²) in [7, 11) is 0. The SMILES string of the molecule is CCCCNC1CC(C)(C)Oc2ccc(OCCCC)cc21. The zero-order chi connectivity index (χ0) is 16.0. The molecule has 0 aliphatic carbocycles. The van der Waals surface area contributed by atoms with Gasteiger partial charge >= 0.3 is 0 Å². The van der Waals surface area contributed by atoms with Crippen LogP contribution in [0.3, 0.4) is 0 Å². The minimum absolute atomic E-state index is 0.124. The number of ether oxygens (including phenoxy) is 2. The van der Waals surface area contributed by atoms with Gasteiger partial charge in [0.2, 0.25) is 0 Å². The fourth-order valence-corrected chi connectivity index (χ4v) is 2.89. The molecule has 0 saturated carbocycles. The molecule has 0 saturated heterocycles.